The van der Waals surface area contributed by atoms with Crippen molar-refractivity contribution in [2.45, 2.75) is 26.2 Å². The highest BCUT2D eigenvalue weighted by Crippen LogP contribution is 2.22. The Morgan fingerprint density at radius 2 is 2.11 bits per heavy atom. The summed E-state index contributed by atoms with van der Waals surface area (Å²) in [5.41, 5.74) is 2.56. The molecule has 0 atom stereocenters. The van der Waals surface area contributed by atoms with E-state index in [1.165, 1.54) is 0 Å². The van der Waals surface area contributed by atoms with Gasteiger partial charge >= 0.3 is 5.97 Å². The molecule has 5 nitrogen and oxygen atoms in total. The van der Waals surface area contributed by atoms with Crippen molar-refractivity contribution < 1.29 is 9.90 Å². The molecule has 0 radical (unpaired) electrons. The summed E-state index contributed by atoms with van der Waals surface area (Å²) in [6.07, 6.45) is 1.55. The summed E-state index contributed by atoms with van der Waals surface area (Å²) in [5, 5.41) is 16.6. The van der Waals surface area contributed by atoms with Crippen LogP contribution < -0.4 is 0 Å². The molecule has 0 amide bonds. The highest BCUT2D eigenvalue weighted by atomic mass is 16.4. The molecule has 1 N–H and O–H groups in total. The monoisotopic (exact) mass is 245 g/mol. The van der Waals surface area contributed by atoms with E-state index >= 15 is 0 Å². The Balaban J connectivity index is 2.37. The van der Waals surface area contributed by atoms with E-state index in [-0.39, 0.29) is 6.42 Å². The summed E-state index contributed by atoms with van der Waals surface area (Å²) in [6, 6.07) is 7.90. The van der Waals surface area contributed by atoms with Gasteiger partial charge in [-0.15, -0.1) is 5.10 Å². The Kier molecular flexibility index (Phi) is 3.41. The largest absolute Gasteiger partial charge is 0.481 e. The number of rotatable bonds is 4. The van der Waals surface area contributed by atoms with Crippen LogP contribution in [0.4, 0.5) is 0 Å². The van der Waals surface area contributed by atoms with Crippen LogP contribution in [0.5, 0.6) is 0 Å². The van der Waals surface area contributed by atoms with Gasteiger partial charge in [-0.05, 0) is 17.5 Å². The molecule has 0 fully saturated rings. The zero-order valence-electron chi connectivity index (χ0n) is 10.4. The molecule has 1 aromatic heterocycles. The summed E-state index contributed by atoms with van der Waals surface area (Å²) in [6.45, 7) is 4.21. The Morgan fingerprint density at radius 1 is 1.39 bits per heavy atom. The minimum Gasteiger partial charge on any atom is -0.481 e. The molecule has 0 aliphatic heterocycles. The maximum atomic E-state index is 10.6. The lowest BCUT2D eigenvalue weighted by atomic mass is 10.0. The van der Waals surface area contributed by atoms with E-state index in [1.807, 2.05) is 24.3 Å². The summed E-state index contributed by atoms with van der Waals surface area (Å²) in [4.78, 5) is 10.6. The van der Waals surface area contributed by atoms with Crippen molar-refractivity contribution >= 4 is 5.97 Å². The van der Waals surface area contributed by atoms with Crippen LogP contribution in [0, 0.1) is 0 Å². The predicted octanol–water partition coefficient (Wildman–Crippen LogP) is 2.02. The second kappa shape index (κ2) is 5.00. The number of nitrogens with zero attached hydrogens (tertiary/aromatic N) is 3. The number of para-hydroxylation sites is 1. The number of aromatic nitrogens is 3. The third-order valence-electron chi connectivity index (χ3n) is 2.68. The van der Waals surface area contributed by atoms with Crippen molar-refractivity contribution in [2.75, 3.05) is 0 Å². The molecule has 18 heavy (non-hydrogen) atoms. The van der Waals surface area contributed by atoms with Crippen LogP contribution in [0.3, 0.4) is 0 Å². The summed E-state index contributed by atoms with van der Waals surface area (Å²) >= 11 is 0. The first-order chi connectivity index (χ1) is 8.58. The zero-order chi connectivity index (χ0) is 13.1. The molecule has 5 heteroatoms. The number of hydrogen-bond donors (Lipinski definition) is 1. The lowest BCUT2D eigenvalue weighted by Crippen LogP contribution is -2.02. The number of carboxylic acid groups (broad SMARTS) is 1. The smallest absolute Gasteiger partial charge is 0.309 e. The summed E-state index contributed by atoms with van der Waals surface area (Å²) in [5.74, 6) is -0.535. The lowest BCUT2D eigenvalue weighted by Gasteiger charge is -2.11. The molecule has 1 heterocycles. The topological polar surface area (TPSA) is 68.0 Å². The van der Waals surface area contributed by atoms with Gasteiger partial charge in [-0.25, -0.2) is 4.68 Å². The van der Waals surface area contributed by atoms with Gasteiger partial charge in [0.2, 0.25) is 0 Å². The second-order valence-electron chi connectivity index (χ2n) is 4.44. The fraction of sp³-hybridized carbons (Fsp3) is 0.308. The SMILES string of the molecule is CC(C)c1ccccc1-n1cc(CC(=O)O)nn1. The van der Waals surface area contributed by atoms with Gasteiger partial charge in [0, 0.05) is 0 Å². The first-order valence-electron chi connectivity index (χ1n) is 5.80. The fourth-order valence-electron chi connectivity index (χ4n) is 1.84. The van der Waals surface area contributed by atoms with Crippen molar-refractivity contribution in [1.82, 2.24) is 15.0 Å². The van der Waals surface area contributed by atoms with Gasteiger partial charge in [0.25, 0.3) is 0 Å². The molecule has 0 aliphatic carbocycles. The zero-order valence-corrected chi connectivity index (χ0v) is 10.4. The molecule has 0 spiro atoms. The second-order valence-corrected chi connectivity index (χ2v) is 4.44. The average molecular weight is 245 g/mol. The number of benzene rings is 1. The molecule has 0 bridgehead atoms. The van der Waals surface area contributed by atoms with Crippen LogP contribution >= 0.6 is 0 Å². The number of carbonyl (C=O) groups is 1. The van der Waals surface area contributed by atoms with Gasteiger partial charge in [-0.2, -0.15) is 0 Å². The van der Waals surface area contributed by atoms with Crippen LogP contribution in [-0.2, 0) is 11.2 Å². The summed E-state index contributed by atoms with van der Waals surface area (Å²) in [7, 11) is 0. The predicted molar refractivity (Wildman–Crippen MR) is 66.8 cm³/mol. The first kappa shape index (κ1) is 12.3. The van der Waals surface area contributed by atoms with Gasteiger partial charge < -0.3 is 5.11 Å². The Morgan fingerprint density at radius 3 is 2.78 bits per heavy atom. The maximum absolute atomic E-state index is 10.6. The standard InChI is InChI=1S/C13H15N3O2/c1-9(2)11-5-3-4-6-12(11)16-8-10(14-15-16)7-13(17)18/h3-6,8-9H,7H2,1-2H3,(H,17,18). The van der Waals surface area contributed by atoms with Crippen LogP contribution in [0.15, 0.2) is 30.5 Å². The first-order valence-corrected chi connectivity index (χ1v) is 5.80. The van der Waals surface area contributed by atoms with Crippen LogP contribution in [0.25, 0.3) is 5.69 Å². The molecule has 2 rings (SSSR count). The Hall–Kier alpha value is -2.17. The minimum atomic E-state index is -0.904. The maximum Gasteiger partial charge on any atom is 0.309 e. The normalized spacial score (nSPS) is 10.8. The molecule has 0 aliphatic rings. The van der Waals surface area contributed by atoms with Crippen LogP contribution in [0.1, 0.15) is 31.0 Å². The molecule has 1 aromatic carbocycles. The Labute approximate surface area is 105 Å². The molecule has 0 unspecified atom stereocenters. The van der Waals surface area contributed by atoms with E-state index in [0.717, 1.165) is 11.3 Å². The van der Waals surface area contributed by atoms with Gasteiger partial charge in [-0.3, -0.25) is 4.79 Å². The highest BCUT2D eigenvalue weighted by Gasteiger charge is 2.11. The van der Waals surface area contributed by atoms with E-state index in [4.69, 9.17) is 5.11 Å². The van der Waals surface area contributed by atoms with Crippen LogP contribution in [0.2, 0.25) is 0 Å². The van der Waals surface area contributed by atoms with Crippen molar-refractivity contribution in [3.8, 4) is 5.69 Å². The third-order valence-corrected chi connectivity index (χ3v) is 2.68. The lowest BCUT2D eigenvalue weighted by molar-refractivity contribution is -0.136. The number of hydrogen-bond acceptors (Lipinski definition) is 3. The van der Waals surface area contributed by atoms with Gasteiger partial charge in [0.05, 0.1) is 24.0 Å². The molecular formula is C13H15N3O2. The van der Waals surface area contributed by atoms with E-state index < -0.39 is 5.97 Å². The van der Waals surface area contributed by atoms with Gasteiger partial charge in [0.1, 0.15) is 0 Å². The van der Waals surface area contributed by atoms with E-state index in [2.05, 4.69) is 24.2 Å². The molecule has 0 saturated heterocycles. The van der Waals surface area contributed by atoms with Crippen molar-refractivity contribution in [2.24, 2.45) is 0 Å². The fourth-order valence-corrected chi connectivity index (χ4v) is 1.84. The highest BCUT2D eigenvalue weighted by molar-refractivity contribution is 5.69. The molecule has 2 aromatic rings. The molecule has 0 saturated carbocycles. The van der Waals surface area contributed by atoms with Crippen LogP contribution in [-0.4, -0.2) is 26.1 Å². The van der Waals surface area contributed by atoms with E-state index in [1.54, 1.807) is 10.9 Å². The third kappa shape index (κ3) is 2.56. The van der Waals surface area contributed by atoms with Gasteiger partial charge in [0.15, 0.2) is 0 Å². The van der Waals surface area contributed by atoms with Crippen molar-refractivity contribution in [3.05, 3.63) is 41.7 Å². The summed E-state index contributed by atoms with van der Waals surface area (Å²) < 4.78 is 1.63. The minimum absolute atomic E-state index is 0.107. The van der Waals surface area contributed by atoms with E-state index in [0.29, 0.717) is 11.6 Å². The van der Waals surface area contributed by atoms with E-state index in [9.17, 15) is 4.79 Å². The Bertz CT molecular complexity index is 561. The average Bonchev–Trinajstić information content (AvgIpc) is 2.76. The molecule has 94 valence electrons. The van der Waals surface area contributed by atoms with Crippen molar-refractivity contribution in [3.63, 3.8) is 0 Å². The number of carboxylic acids is 1. The molecular weight excluding hydrogens is 230 g/mol. The number of aliphatic carboxylic acids is 1. The quantitative estimate of drug-likeness (QED) is 0.894. The van der Waals surface area contributed by atoms with Crippen molar-refractivity contribution in [1.29, 1.82) is 0 Å². The van der Waals surface area contributed by atoms with Gasteiger partial charge in [-0.1, -0.05) is 37.3 Å².